The highest BCUT2D eigenvalue weighted by molar-refractivity contribution is 6.76. The van der Waals surface area contributed by atoms with E-state index in [9.17, 15) is 0 Å². The molecule has 2 heteroatoms. The molecule has 15 heavy (non-hydrogen) atoms. The van der Waals surface area contributed by atoms with Crippen LogP contribution in [-0.4, -0.2) is 25.4 Å². The maximum atomic E-state index is 2.99. The first kappa shape index (κ1) is 11.7. The molecule has 88 valence electrons. The van der Waals surface area contributed by atoms with Crippen molar-refractivity contribution in [2.45, 2.75) is 76.5 Å². The summed E-state index contributed by atoms with van der Waals surface area (Å²) in [6.45, 7) is 6.37. The molecule has 0 N–H and O–H groups in total. The Labute approximate surface area is 96.3 Å². The Kier molecular flexibility index (Phi) is 3.89. The van der Waals surface area contributed by atoms with Crippen LogP contribution in [0.2, 0.25) is 18.6 Å². The molecule has 0 radical (unpaired) electrons. The molecule has 2 fully saturated rings. The molecule has 1 heterocycles. The van der Waals surface area contributed by atoms with E-state index in [1.165, 1.54) is 51.5 Å². The fourth-order valence-corrected chi connectivity index (χ4v) is 8.65. The van der Waals surface area contributed by atoms with Gasteiger partial charge in [0.25, 0.3) is 0 Å². The number of nitrogens with zero attached hydrogens (tertiary/aromatic N) is 1. The molecule has 2 aliphatic rings. The van der Waals surface area contributed by atoms with Gasteiger partial charge < -0.3 is 4.57 Å². The summed E-state index contributed by atoms with van der Waals surface area (Å²) in [6, 6.07) is 4.13. The Morgan fingerprint density at radius 2 is 1.60 bits per heavy atom. The summed E-state index contributed by atoms with van der Waals surface area (Å²) in [5.74, 6) is 0. The SMILES string of the molecule is CCN(C1CCCCC1)[Si]1(C)CCCC1. The van der Waals surface area contributed by atoms with Gasteiger partial charge in [0.15, 0.2) is 0 Å². The van der Waals surface area contributed by atoms with E-state index < -0.39 is 8.24 Å². The smallest absolute Gasteiger partial charge is 0.125 e. The van der Waals surface area contributed by atoms with Gasteiger partial charge in [-0.1, -0.05) is 45.6 Å². The number of hydrogen-bond donors (Lipinski definition) is 0. The zero-order valence-corrected chi connectivity index (χ0v) is 11.6. The molecule has 1 nitrogen and oxygen atoms in total. The monoisotopic (exact) mass is 225 g/mol. The lowest BCUT2D eigenvalue weighted by Gasteiger charge is -2.43. The largest absolute Gasteiger partial charge is 0.321 e. The van der Waals surface area contributed by atoms with E-state index in [2.05, 4.69) is 18.0 Å². The summed E-state index contributed by atoms with van der Waals surface area (Å²) < 4.78 is 2.99. The molecule has 1 saturated heterocycles. The van der Waals surface area contributed by atoms with Gasteiger partial charge in [0, 0.05) is 6.04 Å². The number of hydrogen-bond acceptors (Lipinski definition) is 1. The molecule has 0 aromatic heterocycles. The molecule has 1 saturated carbocycles. The van der Waals surface area contributed by atoms with E-state index in [0.717, 1.165) is 6.04 Å². The van der Waals surface area contributed by atoms with Crippen molar-refractivity contribution >= 4 is 8.24 Å². The van der Waals surface area contributed by atoms with Crippen LogP contribution in [0.4, 0.5) is 0 Å². The standard InChI is InChI=1S/C13H27NSi/c1-3-14(13-9-5-4-6-10-13)15(2)11-7-8-12-15/h13H,3-12H2,1-2H3. The molecule has 0 spiro atoms. The van der Waals surface area contributed by atoms with Crippen LogP contribution in [0.3, 0.4) is 0 Å². The Morgan fingerprint density at radius 1 is 1.00 bits per heavy atom. The minimum Gasteiger partial charge on any atom is -0.321 e. The highest BCUT2D eigenvalue weighted by atomic mass is 28.3. The molecule has 0 unspecified atom stereocenters. The lowest BCUT2D eigenvalue weighted by atomic mass is 9.95. The van der Waals surface area contributed by atoms with Crippen molar-refractivity contribution in [2.75, 3.05) is 6.54 Å². The quantitative estimate of drug-likeness (QED) is 0.656. The normalized spacial score (nSPS) is 27.4. The summed E-state index contributed by atoms with van der Waals surface area (Å²) in [5, 5.41) is 0. The summed E-state index contributed by atoms with van der Waals surface area (Å²) in [4.78, 5) is 0. The zero-order valence-electron chi connectivity index (χ0n) is 10.6. The second kappa shape index (κ2) is 5.01. The van der Waals surface area contributed by atoms with Crippen LogP contribution in [0.5, 0.6) is 0 Å². The van der Waals surface area contributed by atoms with Gasteiger partial charge in [0.1, 0.15) is 8.24 Å². The predicted octanol–water partition coefficient (Wildman–Crippen LogP) is 4.01. The molecular weight excluding hydrogens is 198 g/mol. The molecular formula is C13H27NSi. The van der Waals surface area contributed by atoms with E-state index in [1.54, 1.807) is 12.1 Å². The third-order valence-corrected chi connectivity index (χ3v) is 9.66. The maximum Gasteiger partial charge on any atom is 0.125 e. The molecule has 2 rings (SSSR count). The summed E-state index contributed by atoms with van der Waals surface area (Å²) >= 11 is 0. The van der Waals surface area contributed by atoms with Crippen LogP contribution in [0.25, 0.3) is 0 Å². The second-order valence-corrected chi connectivity index (χ2v) is 10.4. The van der Waals surface area contributed by atoms with E-state index in [0.29, 0.717) is 0 Å². The molecule has 0 aromatic rings. The van der Waals surface area contributed by atoms with E-state index in [1.807, 2.05) is 0 Å². The molecule has 1 aliphatic carbocycles. The van der Waals surface area contributed by atoms with Crippen molar-refractivity contribution in [3.05, 3.63) is 0 Å². The molecule has 0 amide bonds. The highest BCUT2D eigenvalue weighted by Crippen LogP contribution is 2.36. The maximum absolute atomic E-state index is 2.99. The van der Waals surface area contributed by atoms with E-state index in [4.69, 9.17) is 0 Å². The van der Waals surface area contributed by atoms with Crippen LogP contribution >= 0.6 is 0 Å². The van der Waals surface area contributed by atoms with Gasteiger partial charge in [-0.25, -0.2) is 0 Å². The first-order valence-corrected chi connectivity index (χ1v) is 9.89. The first-order valence-electron chi connectivity index (χ1n) is 7.03. The second-order valence-electron chi connectivity index (χ2n) is 5.78. The summed E-state index contributed by atoms with van der Waals surface area (Å²) in [6.07, 6.45) is 10.5. The van der Waals surface area contributed by atoms with Crippen molar-refractivity contribution in [3.8, 4) is 0 Å². The van der Waals surface area contributed by atoms with Crippen molar-refractivity contribution in [2.24, 2.45) is 0 Å². The third kappa shape index (κ3) is 2.47. The fraction of sp³-hybridized carbons (Fsp3) is 1.00. The topological polar surface area (TPSA) is 3.24 Å². The minimum absolute atomic E-state index is 0.970. The molecule has 0 aromatic carbocycles. The molecule has 0 atom stereocenters. The Balaban J connectivity index is 2.01. The average molecular weight is 225 g/mol. The average Bonchev–Trinajstić information content (AvgIpc) is 2.68. The highest BCUT2D eigenvalue weighted by Gasteiger charge is 2.40. The first-order chi connectivity index (χ1) is 7.26. The van der Waals surface area contributed by atoms with Gasteiger partial charge in [-0.2, -0.15) is 0 Å². The van der Waals surface area contributed by atoms with Crippen LogP contribution in [0.15, 0.2) is 0 Å². The Hall–Kier alpha value is 0.177. The Bertz CT molecular complexity index is 193. The predicted molar refractivity (Wildman–Crippen MR) is 69.7 cm³/mol. The van der Waals surface area contributed by atoms with Crippen molar-refractivity contribution in [3.63, 3.8) is 0 Å². The number of rotatable bonds is 3. The summed E-state index contributed by atoms with van der Waals surface area (Å²) in [7, 11) is -0.970. The van der Waals surface area contributed by atoms with Gasteiger partial charge in [-0.15, -0.1) is 0 Å². The van der Waals surface area contributed by atoms with Crippen LogP contribution in [-0.2, 0) is 0 Å². The molecule has 0 bridgehead atoms. The van der Waals surface area contributed by atoms with Crippen LogP contribution in [0, 0.1) is 0 Å². The van der Waals surface area contributed by atoms with Crippen molar-refractivity contribution in [1.82, 2.24) is 4.57 Å². The Morgan fingerprint density at radius 3 is 2.13 bits per heavy atom. The lowest BCUT2D eigenvalue weighted by Crippen LogP contribution is -2.54. The van der Waals surface area contributed by atoms with Crippen molar-refractivity contribution < 1.29 is 0 Å². The molecule has 1 aliphatic heterocycles. The minimum atomic E-state index is -0.970. The van der Waals surface area contributed by atoms with Crippen LogP contribution < -0.4 is 0 Å². The zero-order chi connectivity index (χ0) is 10.7. The van der Waals surface area contributed by atoms with E-state index in [-0.39, 0.29) is 0 Å². The van der Waals surface area contributed by atoms with Crippen molar-refractivity contribution in [1.29, 1.82) is 0 Å². The van der Waals surface area contributed by atoms with Gasteiger partial charge in [0.2, 0.25) is 0 Å². The van der Waals surface area contributed by atoms with E-state index >= 15 is 0 Å². The third-order valence-electron chi connectivity index (χ3n) is 4.73. The lowest BCUT2D eigenvalue weighted by molar-refractivity contribution is 0.253. The van der Waals surface area contributed by atoms with Gasteiger partial charge in [-0.05, 0) is 31.5 Å². The van der Waals surface area contributed by atoms with Gasteiger partial charge >= 0.3 is 0 Å². The van der Waals surface area contributed by atoms with Gasteiger partial charge in [0.05, 0.1) is 0 Å². The van der Waals surface area contributed by atoms with Gasteiger partial charge in [-0.3, -0.25) is 0 Å². The van der Waals surface area contributed by atoms with Crippen LogP contribution in [0.1, 0.15) is 51.9 Å². The fourth-order valence-electron chi connectivity index (χ4n) is 3.90. The summed E-state index contributed by atoms with van der Waals surface area (Å²) in [5.41, 5.74) is 0.